The van der Waals surface area contributed by atoms with Crippen LogP contribution in [0.15, 0.2) is 18.2 Å². The van der Waals surface area contributed by atoms with E-state index in [1.54, 1.807) is 6.07 Å². The molecule has 2 rings (SSSR count). The summed E-state index contributed by atoms with van der Waals surface area (Å²) in [7, 11) is 0. The topological polar surface area (TPSA) is 32.3 Å². The zero-order chi connectivity index (χ0) is 13.7. The number of nitrogens with zero attached hydrogens (tertiary/aromatic N) is 1. The van der Waals surface area contributed by atoms with Crippen molar-refractivity contribution in [2.75, 3.05) is 19.6 Å². The second-order valence-electron chi connectivity index (χ2n) is 4.75. The summed E-state index contributed by atoms with van der Waals surface area (Å²) in [5, 5.41) is 4.54. The van der Waals surface area contributed by atoms with E-state index < -0.39 is 0 Å². The smallest absolute Gasteiger partial charge is 0.223 e. The SMILES string of the molecule is O=C(CCNCc1ccc(Cl)cc1Cl)N1CCCC1. The van der Waals surface area contributed by atoms with Crippen LogP contribution in [0.1, 0.15) is 24.8 Å². The maximum absolute atomic E-state index is 11.8. The molecule has 1 saturated heterocycles. The molecule has 0 aromatic heterocycles. The number of hydrogen-bond donors (Lipinski definition) is 1. The molecule has 104 valence electrons. The van der Waals surface area contributed by atoms with Gasteiger partial charge in [-0.2, -0.15) is 0 Å². The minimum absolute atomic E-state index is 0.243. The van der Waals surface area contributed by atoms with Gasteiger partial charge in [-0.3, -0.25) is 4.79 Å². The highest BCUT2D eigenvalue weighted by Crippen LogP contribution is 2.20. The van der Waals surface area contributed by atoms with Crippen molar-refractivity contribution in [3.05, 3.63) is 33.8 Å². The fourth-order valence-corrected chi connectivity index (χ4v) is 2.68. The van der Waals surface area contributed by atoms with Crippen molar-refractivity contribution in [2.24, 2.45) is 0 Å². The van der Waals surface area contributed by atoms with Gasteiger partial charge in [0.15, 0.2) is 0 Å². The Balaban J connectivity index is 1.70. The molecule has 1 aromatic rings. The molecule has 19 heavy (non-hydrogen) atoms. The summed E-state index contributed by atoms with van der Waals surface area (Å²) in [5.41, 5.74) is 1.000. The first-order valence-corrected chi connectivity index (χ1v) is 7.35. The summed E-state index contributed by atoms with van der Waals surface area (Å²) in [4.78, 5) is 13.8. The third-order valence-corrected chi connectivity index (χ3v) is 3.89. The van der Waals surface area contributed by atoms with Crippen LogP contribution in [0.25, 0.3) is 0 Å². The fourth-order valence-electron chi connectivity index (χ4n) is 2.21. The van der Waals surface area contributed by atoms with E-state index in [0.717, 1.165) is 31.5 Å². The van der Waals surface area contributed by atoms with Gasteiger partial charge < -0.3 is 10.2 Å². The van der Waals surface area contributed by atoms with Gasteiger partial charge >= 0.3 is 0 Å². The Labute approximate surface area is 123 Å². The summed E-state index contributed by atoms with van der Waals surface area (Å²) in [6.45, 7) is 3.17. The van der Waals surface area contributed by atoms with Crippen LogP contribution in [-0.4, -0.2) is 30.4 Å². The molecule has 3 nitrogen and oxygen atoms in total. The molecule has 0 aliphatic carbocycles. The van der Waals surface area contributed by atoms with E-state index in [0.29, 0.717) is 29.6 Å². The van der Waals surface area contributed by atoms with E-state index in [1.807, 2.05) is 17.0 Å². The predicted octanol–water partition coefficient (Wildman–Crippen LogP) is 3.10. The Morgan fingerprint density at radius 3 is 2.68 bits per heavy atom. The number of nitrogens with one attached hydrogen (secondary N) is 1. The maximum Gasteiger partial charge on any atom is 0.223 e. The first-order valence-electron chi connectivity index (χ1n) is 6.59. The fraction of sp³-hybridized carbons (Fsp3) is 0.500. The summed E-state index contributed by atoms with van der Waals surface area (Å²) in [5.74, 6) is 0.243. The summed E-state index contributed by atoms with van der Waals surface area (Å²) >= 11 is 11.9. The predicted molar refractivity (Wildman–Crippen MR) is 78.6 cm³/mol. The van der Waals surface area contributed by atoms with Crippen LogP contribution >= 0.6 is 23.2 Å². The van der Waals surface area contributed by atoms with Crippen LogP contribution in [0.4, 0.5) is 0 Å². The molecule has 5 heteroatoms. The molecule has 1 fully saturated rings. The molecule has 1 aromatic carbocycles. The number of rotatable bonds is 5. The largest absolute Gasteiger partial charge is 0.343 e. The lowest BCUT2D eigenvalue weighted by molar-refractivity contribution is -0.130. The van der Waals surface area contributed by atoms with Gasteiger partial charge in [-0.25, -0.2) is 0 Å². The Hall–Kier alpha value is -0.770. The standard InChI is InChI=1S/C14H18Cl2N2O/c15-12-4-3-11(13(16)9-12)10-17-6-5-14(19)18-7-1-2-8-18/h3-4,9,17H,1-2,5-8,10H2. The average molecular weight is 301 g/mol. The molecule has 1 heterocycles. The minimum atomic E-state index is 0.243. The Kier molecular flexibility index (Phi) is 5.49. The van der Waals surface area contributed by atoms with Crippen LogP contribution in [-0.2, 0) is 11.3 Å². The van der Waals surface area contributed by atoms with Gasteiger partial charge in [-0.1, -0.05) is 29.3 Å². The van der Waals surface area contributed by atoms with Crippen LogP contribution in [0.5, 0.6) is 0 Å². The first-order chi connectivity index (χ1) is 9.16. The van der Waals surface area contributed by atoms with E-state index >= 15 is 0 Å². The second kappa shape index (κ2) is 7.13. The van der Waals surface area contributed by atoms with Gasteiger partial charge in [0, 0.05) is 42.6 Å². The molecule has 0 spiro atoms. The highest BCUT2D eigenvalue weighted by molar-refractivity contribution is 6.35. The van der Waals surface area contributed by atoms with Crippen molar-refractivity contribution in [3.8, 4) is 0 Å². The van der Waals surface area contributed by atoms with Gasteiger partial charge in [0.2, 0.25) is 5.91 Å². The number of likely N-dealkylation sites (tertiary alicyclic amines) is 1. The quantitative estimate of drug-likeness (QED) is 0.848. The van der Waals surface area contributed by atoms with Gasteiger partial charge in [0.25, 0.3) is 0 Å². The van der Waals surface area contributed by atoms with E-state index in [9.17, 15) is 4.79 Å². The summed E-state index contributed by atoms with van der Waals surface area (Å²) in [6, 6.07) is 5.45. The van der Waals surface area contributed by atoms with Crippen molar-refractivity contribution >= 4 is 29.1 Å². The highest BCUT2D eigenvalue weighted by Gasteiger charge is 2.16. The van der Waals surface area contributed by atoms with Crippen LogP contribution < -0.4 is 5.32 Å². The molecule has 0 saturated carbocycles. The first kappa shape index (κ1) is 14.6. The summed E-state index contributed by atoms with van der Waals surface area (Å²) < 4.78 is 0. The van der Waals surface area contributed by atoms with Crippen LogP contribution in [0.2, 0.25) is 10.0 Å². The monoisotopic (exact) mass is 300 g/mol. The molecular weight excluding hydrogens is 283 g/mol. The van der Waals surface area contributed by atoms with Crippen molar-refractivity contribution < 1.29 is 4.79 Å². The van der Waals surface area contributed by atoms with E-state index in [-0.39, 0.29) is 5.91 Å². The third-order valence-electron chi connectivity index (χ3n) is 3.30. The molecule has 0 bridgehead atoms. The number of benzene rings is 1. The highest BCUT2D eigenvalue weighted by atomic mass is 35.5. The lowest BCUT2D eigenvalue weighted by atomic mass is 10.2. The number of carbonyl (C=O) groups excluding carboxylic acids is 1. The Bertz CT molecular complexity index is 445. The van der Waals surface area contributed by atoms with Gasteiger partial charge in [0.05, 0.1) is 0 Å². The van der Waals surface area contributed by atoms with E-state index in [2.05, 4.69) is 5.32 Å². The van der Waals surface area contributed by atoms with Gasteiger partial charge in [-0.15, -0.1) is 0 Å². The normalized spacial score (nSPS) is 14.9. The Morgan fingerprint density at radius 2 is 2.00 bits per heavy atom. The van der Waals surface area contributed by atoms with Crippen molar-refractivity contribution in [3.63, 3.8) is 0 Å². The zero-order valence-electron chi connectivity index (χ0n) is 10.8. The van der Waals surface area contributed by atoms with Gasteiger partial charge in [-0.05, 0) is 30.5 Å². The molecule has 0 atom stereocenters. The van der Waals surface area contributed by atoms with Gasteiger partial charge in [0.1, 0.15) is 0 Å². The van der Waals surface area contributed by atoms with Crippen molar-refractivity contribution in [1.82, 2.24) is 10.2 Å². The molecule has 1 aliphatic rings. The molecule has 0 radical (unpaired) electrons. The van der Waals surface area contributed by atoms with E-state index in [1.165, 1.54) is 0 Å². The van der Waals surface area contributed by atoms with Crippen molar-refractivity contribution in [1.29, 1.82) is 0 Å². The minimum Gasteiger partial charge on any atom is -0.343 e. The molecule has 1 amide bonds. The number of amides is 1. The second-order valence-corrected chi connectivity index (χ2v) is 5.59. The maximum atomic E-state index is 11.8. The number of halogens is 2. The van der Waals surface area contributed by atoms with Crippen LogP contribution in [0.3, 0.4) is 0 Å². The number of carbonyl (C=O) groups is 1. The van der Waals surface area contributed by atoms with E-state index in [4.69, 9.17) is 23.2 Å². The number of hydrogen-bond acceptors (Lipinski definition) is 2. The lowest BCUT2D eigenvalue weighted by Crippen LogP contribution is -2.30. The zero-order valence-corrected chi connectivity index (χ0v) is 12.3. The molecule has 1 N–H and O–H groups in total. The molecule has 1 aliphatic heterocycles. The average Bonchev–Trinajstić information content (AvgIpc) is 2.90. The third kappa shape index (κ3) is 4.37. The lowest BCUT2D eigenvalue weighted by Gasteiger charge is -2.15. The Morgan fingerprint density at radius 1 is 1.26 bits per heavy atom. The molecule has 0 unspecified atom stereocenters. The summed E-state index contributed by atoms with van der Waals surface area (Å²) in [6.07, 6.45) is 2.82. The van der Waals surface area contributed by atoms with Crippen molar-refractivity contribution in [2.45, 2.75) is 25.8 Å². The van der Waals surface area contributed by atoms with Crippen LogP contribution in [0, 0.1) is 0 Å². The molecular formula is C14H18Cl2N2O.